The zero-order chi connectivity index (χ0) is 25.7. The summed E-state index contributed by atoms with van der Waals surface area (Å²) in [7, 11) is 0. The number of aryl methyl sites for hydroxylation is 2. The monoisotopic (exact) mass is 491 g/mol. The third-order valence-electron chi connectivity index (χ3n) is 7.61. The van der Waals surface area contributed by atoms with Crippen molar-refractivity contribution < 1.29 is 0 Å². The van der Waals surface area contributed by atoms with Gasteiger partial charge < -0.3 is 4.90 Å². The van der Waals surface area contributed by atoms with Crippen LogP contribution in [0.25, 0.3) is 11.6 Å². The molecule has 5 aromatic carbocycles. The number of para-hydroxylation sites is 1. The third-order valence-corrected chi connectivity index (χ3v) is 7.61. The summed E-state index contributed by atoms with van der Waals surface area (Å²) >= 11 is 0. The maximum absolute atomic E-state index is 2.44. The summed E-state index contributed by atoms with van der Waals surface area (Å²) in [6.45, 7) is 2.23. The Kier molecular flexibility index (Phi) is 6.91. The van der Waals surface area contributed by atoms with Crippen molar-refractivity contribution in [2.24, 2.45) is 0 Å². The topological polar surface area (TPSA) is 3.24 Å². The van der Waals surface area contributed by atoms with Crippen molar-refractivity contribution in [1.82, 2.24) is 0 Å². The number of anilines is 3. The Labute approximate surface area is 226 Å². The van der Waals surface area contributed by atoms with Crippen LogP contribution >= 0.6 is 0 Å². The lowest BCUT2D eigenvalue weighted by Gasteiger charge is -2.30. The maximum Gasteiger partial charge on any atom is 0.0496 e. The summed E-state index contributed by atoms with van der Waals surface area (Å²) in [5.74, 6) is 0. The van der Waals surface area contributed by atoms with Gasteiger partial charge in [-0.3, -0.25) is 0 Å². The van der Waals surface area contributed by atoms with Crippen LogP contribution in [0.5, 0.6) is 0 Å². The van der Waals surface area contributed by atoms with E-state index in [9.17, 15) is 0 Å². The Hall–Kier alpha value is -4.36. The van der Waals surface area contributed by atoms with Gasteiger partial charge >= 0.3 is 0 Å². The molecule has 0 fully saturated rings. The first-order valence-corrected chi connectivity index (χ1v) is 13.7. The second-order valence-electron chi connectivity index (χ2n) is 10.1. The predicted molar refractivity (Wildman–Crippen MR) is 162 cm³/mol. The van der Waals surface area contributed by atoms with Crippen LogP contribution in [0.3, 0.4) is 0 Å². The quantitative estimate of drug-likeness (QED) is 0.214. The number of hydrogen-bond donors (Lipinski definition) is 0. The van der Waals surface area contributed by atoms with E-state index >= 15 is 0 Å². The van der Waals surface area contributed by atoms with Crippen LogP contribution in [0.1, 0.15) is 46.2 Å². The molecule has 5 aromatic rings. The van der Waals surface area contributed by atoms with Gasteiger partial charge in [-0.15, -0.1) is 0 Å². The fourth-order valence-electron chi connectivity index (χ4n) is 5.66. The molecular weight excluding hydrogens is 458 g/mol. The van der Waals surface area contributed by atoms with E-state index in [1.165, 1.54) is 75.3 Å². The summed E-state index contributed by atoms with van der Waals surface area (Å²) in [5.41, 5.74) is 12.9. The Balaban J connectivity index is 1.46. The van der Waals surface area contributed by atoms with Crippen molar-refractivity contribution in [3.05, 3.63) is 161 Å². The normalized spacial score (nSPS) is 12.4. The molecule has 1 heteroatoms. The van der Waals surface area contributed by atoms with E-state index in [2.05, 4.69) is 145 Å². The van der Waals surface area contributed by atoms with Gasteiger partial charge in [0, 0.05) is 17.1 Å². The van der Waals surface area contributed by atoms with Crippen LogP contribution < -0.4 is 4.90 Å². The van der Waals surface area contributed by atoms with E-state index in [-0.39, 0.29) is 0 Å². The number of fused-ring (bicyclic) bond motifs is 1. The molecular formula is C37H33N. The third kappa shape index (κ3) is 4.93. The number of hydrogen-bond acceptors (Lipinski definition) is 1. The molecule has 0 aromatic heterocycles. The molecule has 6 rings (SSSR count). The average molecular weight is 492 g/mol. The van der Waals surface area contributed by atoms with Crippen LogP contribution in [0.2, 0.25) is 0 Å². The molecule has 186 valence electrons. The first-order valence-electron chi connectivity index (χ1n) is 13.7. The largest absolute Gasteiger partial charge is 0.310 e. The molecule has 0 bridgehead atoms. The Bertz CT molecular complexity index is 1510. The molecule has 0 atom stereocenters. The molecule has 0 saturated carbocycles. The molecule has 0 radical (unpaired) electrons. The number of benzene rings is 5. The second kappa shape index (κ2) is 10.9. The minimum atomic E-state index is 1.14. The molecule has 0 aliphatic heterocycles. The number of rotatable bonds is 6. The molecule has 0 heterocycles. The Morgan fingerprint density at radius 2 is 1.24 bits per heavy atom. The molecule has 0 spiro atoms. The van der Waals surface area contributed by atoms with Crippen molar-refractivity contribution in [2.45, 2.75) is 32.6 Å². The highest BCUT2D eigenvalue weighted by molar-refractivity contribution is 5.92. The molecule has 0 unspecified atom stereocenters. The lowest BCUT2D eigenvalue weighted by Crippen LogP contribution is -2.15. The summed E-state index contributed by atoms with van der Waals surface area (Å²) < 4.78 is 0. The summed E-state index contributed by atoms with van der Waals surface area (Å²) in [6, 6.07) is 45.9. The molecule has 0 saturated heterocycles. The standard InChI is InChI=1S/C37H33N/c1-28-26-34(25-24-32(28)27-36(30-14-5-2-6-15-30)31-16-7-3-8-17-31)38(33-20-9-4-10-21-33)37-23-13-19-29-18-11-12-22-35(29)37/h2-10,13-17,19-21,23-27H,11-12,18,22H2,1H3. The highest BCUT2D eigenvalue weighted by Crippen LogP contribution is 2.40. The lowest BCUT2D eigenvalue weighted by molar-refractivity contribution is 0.686. The van der Waals surface area contributed by atoms with Crippen molar-refractivity contribution in [3.8, 4) is 0 Å². The Morgan fingerprint density at radius 3 is 1.89 bits per heavy atom. The van der Waals surface area contributed by atoms with E-state index in [0.717, 1.165) is 6.42 Å². The molecule has 38 heavy (non-hydrogen) atoms. The van der Waals surface area contributed by atoms with E-state index in [0.29, 0.717) is 0 Å². The SMILES string of the molecule is Cc1cc(N(c2ccccc2)c2cccc3c2CCCC3)ccc1C=C(c1ccccc1)c1ccccc1. The van der Waals surface area contributed by atoms with E-state index in [4.69, 9.17) is 0 Å². The molecule has 1 nitrogen and oxygen atoms in total. The smallest absolute Gasteiger partial charge is 0.0496 e. The highest BCUT2D eigenvalue weighted by Gasteiger charge is 2.20. The molecule has 1 aliphatic rings. The van der Waals surface area contributed by atoms with E-state index in [1.807, 2.05) is 0 Å². The minimum Gasteiger partial charge on any atom is -0.310 e. The van der Waals surface area contributed by atoms with Gasteiger partial charge in [-0.2, -0.15) is 0 Å². The van der Waals surface area contributed by atoms with Gasteiger partial charge in [0.05, 0.1) is 0 Å². The number of nitrogens with zero attached hydrogens (tertiary/aromatic N) is 1. The van der Waals surface area contributed by atoms with Gasteiger partial charge in [-0.05, 0) is 108 Å². The van der Waals surface area contributed by atoms with Gasteiger partial charge in [-0.1, -0.05) is 97.1 Å². The zero-order valence-electron chi connectivity index (χ0n) is 22.0. The summed E-state index contributed by atoms with van der Waals surface area (Å²) in [4.78, 5) is 2.44. The molecule has 0 N–H and O–H groups in total. The summed E-state index contributed by atoms with van der Waals surface area (Å²) in [6.07, 6.45) is 7.20. The highest BCUT2D eigenvalue weighted by atomic mass is 15.1. The molecule has 1 aliphatic carbocycles. The fraction of sp³-hybridized carbons (Fsp3) is 0.135. The van der Waals surface area contributed by atoms with E-state index in [1.54, 1.807) is 0 Å². The fourth-order valence-corrected chi connectivity index (χ4v) is 5.66. The van der Waals surface area contributed by atoms with Crippen molar-refractivity contribution in [2.75, 3.05) is 4.90 Å². The second-order valence-corrected chi connectivity index (χ2v) is 10.1. The van der Waals surface area contributed by atoms with Gasteiger partial charge in [-0.25, -0.2) is 0 Å². The average Bonchev–Trinajstić information content (AvgIpc) is 2.98. The van der Waals surface area contributed by atoms with Crippen LogP contribution in [0, 0.1) is 6.92 Å². The predicted octanol–water partition coefficient (Wildman–Crippen LogP) is 9.93. The zero-order valence-corrected chi connectivity index (χ0v) is 22.0. The van der Waals surface area contributed by atoms with E-state index < -0.39 is 0 Å². The Morgan fingerprint density at radius 1 is 0.605 bits per heavy atom. The molecule has 0 amide bonds. The van der Waals surface area contributed by atoms with Crippen LogP contribution in [-0.2, 0) is 12.8 Å². The maximum atomic E-state index is 2.44. The first-order chi connectivity index (χ1) is 18.8. The van der Waals surface area contributed by atoms with Gasteiger partial charge in [0.2, 0.25) is 0 Å². The first kappa shape index (κ1) is 24.0. The summed E-state index contributed by atoms with van der Waals surface area (Å²) in [5, 5.41) is 0. The van der Waals surface area contributed by atoms with Crippen LogP contribution in [-0.4, -0.2) is 0 Å². The van der Waals surface area contributed by atoms with Gasteiger partial charge in [0.25, 0.3) is 0 Å². The lowest BCUT2D eigenvalue weighted by atomic mass is 9.89. The van der Waals surface area contributed by atoms with Crippen molar-refractivity contribution in [3.63, 3.8) is 0 Å². The minimum absolute atomic E-state index is 1.14. The van der Waals surface area contributed by atoms with Gasteiger partial charge in [0.15, 0.2) is 0 Å². The van der Waals surface area contributed by atoms with Crippen LogP contribution in [0.4, 0.5) is 17.1 Å². The van der Waals surface area contributed by atoms with Crippen molar-refractivity contribution in [1.29, 1.82) is 0 Å². The van der Waals surface area contributed by atoms with Crippen LogP contribution in [0.15, 0.2) is 127 Å². The van der Waals surface area contributed by atoms with Crippen molar-refractivity contribution >= 4 is 28.7 Å². The van der Waals surface area contributed by atoms with Gasteiger partial charge in [0.1, 0.15) is 0 Å².